The maximum atomic E-state index is 11.0. The van der Waals surface area contributed by atoms with E-state index in [1.54, 1.807) is 7.11 Å². The maximum absolute atomic E-state index is 11.0. The van der Waals surface area contributed by atoms with E-state index in [4.69, 9.17) is 9.47 Å². The first-order valence-corrected chi connectivity index (χ1v) is 4.75. The first-order chi connectivity index (χ1) is 7.14. The smallest absolute Gasteiger partial charge is 0.408 e. The topological polar surface area (TPSA) is 47.6 Å². The van der Waals surface area contributed by atoms with Crippen LogP contribution in [0.4, 0.5) is 4.79 Å². The molecular weight excluding hydrogens is 194 g/mol. The molecule has 1 aromatic rings. The van der Waals surface area contributed by atoms with Gasteiger partial charge < -0.3 is 14.8 Å². The third-order valence-electron chi connectivity index (χ3n) is 2.57. The molecule has 0 aliphatic carbocycles. The fourth-order valence-corrected chi connectivity index (χ4v) is 1.63. The molecule has 1 aromatic carbocycles. The monoisotopic (exact) mass is 207 g/mol. The number of methoxy groups -OCH3 is 1. The van der Waals surface area contributed by atoms with Crippen molar-refractivity contribution < 1.29 is 14.3 Å². The number of hydrogen-bond donors (Lipinski definition) is 1. The summed E-state index contributed by atoms with van der Waals surface area (Å²) in [6.45, 7) is 2.36. The van der Waals surface area contributed by atoms with Crippen molar-refractivity contribution in [3.8, 4) is 5.75 Å². The normalized spacial score (nSPS) is 24.5. The van der Waals surface area contributed by atoms with Crippen LogP contribution in [0.3, 0.4) is 0 Å². The lowest BCUT2D eigenvalue weighted by molar-refractivity contribution is 0.0702. The Balaban J connectivity index is 2.32. The van der Waals surface area contributed by atoms with Gasteiger partial charge in [0.1, 0.15) is 5.75 Å². The number of nitrogens with one attached hydrogen (secondary N) is 1. The molecule has 1 fully saturated rings. The van der Waals surface area contributed by atoms with E-state index in [-0.39, 0.29) is 6.09 Å². The molecule has 1 atom stereocenters. The number of carbonyl (C=O) groups excluding carboxylic acids is 1. The van der Waals surface area contributed by atoms with Crippen LogP contribution >= 0.6 is 0 Å². The van der Waals surface area contributed by atoms with E-state index in [0.29, 0.717) is 6.54 Å². The number of cyclic esters (lactones) is 1. The average Bonchev–Trinajstić information content (AvgIpc) is 2.60. The molecule has 1 aliphatic rings. The summed E-state index contributed by atoms with van der Waals surface area (Å²) < 4.78 is 10.4. The fourth-order valence-electron chi connectivity index (χ4n) is 1.63. The van der Waals surface area contributed by atoms with Gasteiger partial charge in [-0.1, -0.05) is 12.1 Å². The Kier molecular flexibility index (Phi) is 2.26. The van der Waals surface area contributed by atoms with Crippen molar-refractivity contribution in [3.05, 3.63) is 29.8 Å². The predicted molar refractivity (Wildman–Crippen MR) is 54.8 cm³/mol. The van der Waals surface area contributed by atoms with Gasteiger partial charge in [0.15, 0.2) is 5.60 Å². The van der Waals surface area contributed by atoms with Gasteiger partial charge in [-0.3, -0.25) is 0 Å². The molecule has 1 aliphatic heterocycles. The van der Waals surface area contributed by atoms with Crippen molar-refractivity contribution in [2.45, 2.75) is 12.5 Å². The molecule has 0 aromatic heterocycles. The second-order valence-electron chi connectivity index (χ2n) is 3.71. The highest BCUT2D eigenvalue weighted by Gasteiger charge is 2.37. The Morgan fingerprint density at radius 3 is 2.93 bits per heavy atom. The number of hydrogen-bond acceptors (Lipinski definition) is 3. The van der Waals surface area contributed by atoms with Crippen LogP contribution in [0.2, 0.25) is 0 Å². The van der Waals surface area contributed by atoms with Gasteiger partial charge in [-0.25, -0.2) is 4.79 Å². The van der Waals surface area contributed by atoms with Crippen LogP contribution in [0.25, 0.3) is 0 Å². The summed E-state index contributed by atoms with van der Waals surface area (Å²) in [6.07, 6.45) is -0.375. The van der Waals surface area contributed by atoms with Crippen LogP contribution in [0.15, 0.2) is 24.3 Å². The van der Waals surface area contributed by atoms with Crippen LogP contribution in [-0.4, -0.2) is 19.7 Å². The Labute approximate surface area is 88.2 Å². The van der Waals surface area contributed by atoms with E-state index in [0.717, 1.165) is 11.3 Å². The summed E-state index contributed by atoms with van der Waals surface area (Å²) in [6, 6.07) is 7.53. The lowest BCUT2D eigenvalue weighted by Crippen LogP contribution is -2.26. The molecule has 0 radical (unpaired) electrons. The van der Waals surface area contributed by atoms with E-state index in [2.05, 4.69) is 5.32 Å². The van der Waals surface area contributed by atoms with Gasteiger partial charge in [-0.05, 0) is 19.1 Å². The number of amides is 1. The van der Waals surface area contributed by atoms with Gasteiger partial charge in [0, 0.05) is 5.56 Å². The molecule has 1 saturated heterocycles. The Morgan fingerprint density at radius 2 is 2.33 bits per heavy atom. The number of ether oxygens (including phenoxy) is 2. The second-order valence-corrected chi connectivity index (χ2v) is 3.71. The SMILES string of the molecule is COc1cccc(C2(C)CNC(=O)O2)c1. The number of benzene rings is 1. The molecule has 4 heteroatoms. The summed E-state index contributed by atoms with van der Waals surface area (Å²) in [5.74, 6) is 0.761. The van der Waals surface area contributed by atoms with Crippen molar-refractivity contribution in [2.24, 2.45) is 0 Å². The number of alkyl carbamates (subject to hydrolysis) is 1. The highest BCUT2D eigenvalue weighted by molar-refractivity contribution is 5.70. The van der Waals surface area contributed by atoms with Gasteiger partial charge in [0.25, 0.3) is 0 Å². The van der Waals surface area contributed by atoms with Crippen molar-refractivity contribution in [2.75, 3.05) is 13.7 Å². The average molecular weight is 207 g/mol. The Bertz CT molecular complexity index is 391. The Morgan fingerprint density at radius 1 is 1.53 bits per heavy atom. The van der Waals surface area contributed by atoms with Crippen LogP contribution in [0, 0.1) is 0 Å². The summed E-state index contributed by atoms with van der Waals surface area (Å²) in [5.41, 5.74) is 0.339. The molecule has 1 unspecified atom stereocenters. The van der Waals surface area contributed by atoms with Crippen LogP contribution in [-0.2, 0) is 10.3 Å². The predicted octanol–water partition coefficient (Wildman–Crippen LogP) is 1.65. The minimum Gasteiger partial charge on any atom is -0.497 e. The van der Waals surface area contributed by atoms with Crippen molar-refractivity contribution in [1.82, 2.24) is 5.32 Å². The zero-order chi connectivity index (χ0) is 10.9. The molecule has 1 amide bonds. The maximum Gasteiger partial charge on any atom is 0.408 e. The largest absolute Gasteiger partial charge is 0.497 e. The highest BCUT2D eigenvalue weighted by atomic mass is 16.6. The molecule has 80 valence electrons. The lowest BCUT2D eigenvalue weighted by Gasteiger charge is -2.21. The number of rotatable bonds is 2. The molecular formula is C11H13NO3. The van der Waals surface area contributed by atoms with Gasteiger partial charge in [-0.2, -0.15) is 0 Å². The molecule has 0 spiro atoms. The van der Waals surface area contributed by atoms with Crippen LogP contribution < -0.4 is 10.1 Å². The molecule has 4 nitrogen and oxygen atoms in total. The molecule has 1 heterocycles. The summed E-state index contributed by atoms with van der Waals surface area (Å²) >= 11 is 0. The first kappa shape index (κ1) is 9.83. The fraction of sp³-hybridized carbons (Fsp3) is 0.364. The number of carbonyl (C=O) groups is 1. The Hall–Kier alpha value is -1.71. The second kappa shape index (κ2) is 3.46. The summed E-state index contributed by atoms with van der Waals surface area (Å²) in [5, 5.41) is 2.64. The van der Waals surface area contributed by atoms with Crippen molar-refractivity contribution >= 4 is 6.09 Å². The summed E-state index contributed by atoms with van der Waals surface area (Å²) in [4.78, 5) is 11.0. The first-order valence-electron chi connectivity index (χ1n) is 4.75. The van der Waals surface area contributed by atoms with Gasteiger partial charge in [0.05, 0.1) is 13.7 Å². The van der Waals surface area contributed by atoms with E-state index in [1.165, 1.54) is 0 Å². The zero-order valence-electron chi connectivity index (χ0n) is 8.74. The van der Waals surface area contributed by atoms with E-state index in [1.807, 2.05) is 31.2 Å². The molecule has 2 rings (SSSR count). The van der Waals surface area contributed by atoms with E-state index in [9.17, 15) is 4.79 Å². The third kappa shape index (κ3) is 1.75. The molecule has 1 N–H and O–H groups in total. The van der Waals surface area contributed by atoms with E-state index >= 15 is 0 Å². The molecule has 0 bridgehead atoms. The minimum absolute atomic E-state index is 0.375. The third-order valence-corrected chi connectivity index (χ3v) is 2.57. The van der Waals surface area contributed by atoms with Crippen LogP contribution in [0.5, 0.6) is 5.75 Å². The molecule has 0 saturated carbocycles. The summed E-state index contributed by atoms with van der Waals surface area (Å²) in [7, 11) is 1.61. The zero-order valence-corrected chi connectivity index (χ0v) is 8.74. The highest BCUT2D eigenvalue weighted by Crippen LogP contribution is 2.30. The van der Waals surface area contributed by atoms with E-state index < -0.39 is 5.60 Å². The van der Waals surface area contributed by atoms with Crippen LogP contribution in [0.1, 0.15) is 12.5 Å². The standard InChI is InChI=1S/C11H13NO3/c1-11(7-12-10(13)15-11)8-4-3-5-9(6-8)14-2/h3-6H,7H2,1-2H3,(H,12,13). The lowest BCUT2D eigenvalue weighted by atomic mass is 9.96. The quantitative estimate of drug-likeness (QED) is 0.802. The van der Waals surface area contributed by atoms with Crippen molar-refractivity contribution in [1.29, 1.82) is 0 Å². The molecule has 15 heavy (non-hydrogen) atoms. The van der Waals surface area contributed by atoms with Gasteiger partial charge in [0.2, 0.25) is 0 Å². The van der Waals surface area contributed by atoms with Gasteiger partial charge in [-0.15, -0.1) is 0 Å². The minimum atomic E-state index is -0.592. The van der Waals surface area contributed by atoms with Crippen molar-refractivity contribution in [3.63, 3.8) is 0 Å². The van der Waals surface area contributed by atoms with Gasteiger partial charge >= 0.3 is 6.09 Å².